The lowest BCUT2D eigenvalue weighted by molar-refractivity contribution is -0.150. The van der Waals surface area contributed by atoms with Gasteiger partial charge < -0.3 is 9.47 Å². The van der Waals surface area contributed by atoms with Crippen molar-refractivity contribution in [2.45, 2.75) is 6.92 Å². The zero-order valence-corrected chi connectivity index (χ0v) is 11.0. The van der Waals surface area contributed by atoms with Crippen molar-refractivity contribution >= 4 is 11.9 Å². The Labute approximate surface area is 116 Å². The normalized spacial score (nSPS) is 10.1. The third-order valence-corrected chi connectivity index (χ3v) is 2.63. The van der Waals surface area contributed by atoms with Crippen LogP contribution < -0.4 is 9.47 Å². The van der Waals surface area contributed by atoms with E-state index in [-0.39, 0.29) is 0 Å². The number of hydrogen-bond donors (Lipinski definition) is 0. The van der Waals surface area contributed by atoms with Crippen molar-refractivity contribution in [3.63, 3.8) is 0 Å². The van der Waals surface area contributed by atoms with Gasteiger partial charge in [0.05, 0.1) is 0 Å². The summed E-state index contributed by atoms with van der Waals surface area (Å²) in [6.45, 7) is 1.45. The summed E-state index contributed by atoms with van der Waals surface area (Å²) in [7, 11) is 0. The van der Waals surface area contributed by atoms with Crippen LogP contribution in [0.2, 0.25) is 0 Å². The van der Waals surface area contributed by atoms with E-state index in [0.717, 1.165) is 0 Å². The van der Waals surface area contributed by atoms with Gasteiger partial charge in [-0.2, -0.15) is 0 Å². The van der Waals surface area contributed by atoms with Crippen LogP contribution in [0.25, 0.3) is 0 Å². The molecule has 0 saturated heterocycles. The number of rotatable bonds is 4. The highest BCUT2D eigenvalue weighted by atomic mass is 16.6. The second-order valence-electron chi connectivity index (χ2n) is 4.19. The van der Waals surface area contributed by atoms with Gasteiger partial charge in [0.15, 0.2) is 5.92 Å². The number of ether oxygens (including phenoxy) is 2. The van der Waals surface area contributed by atoms with Crippen LogP contribution in [-0.2, 0) is 9.59 Å². The number of hydrogen-bond acceptors (Lipinski definition) is 4. The SMILES string of the molecule is CC(C(=O)Oc1ccccc1)C(=O)Oc1ccccc1. The molecule has 0 aliphatic rings. The van der Waals surface area contributed by atoms with Gasteiger partial charge in [-0.3, -0.25) is 9.59 Å². The van der Waals surface area contributed by atoms with E-state index in [0.29, 0.717) is 11.5 Å². The first-order chi connectivity index (χ1) is 9.66. The first-order valence-corrected chi connectivity index (χ1v) is 6.20. The Morgan fingerprint density at radius 3 is 1.45 bits per heavy atom. The van der Waals surface area contributed by atoms with Gasteiger partial charge >= 0.3 is 11.9 Å². The quantitative estimate of drug-likeness (QED) is 0.487. The molecule has 4 heteroatoms. The third kappa shape index (κ3) is 3.68. The molecule has 4 nitrogen and oxygen atoms in total. The molecule has 20 heavy (non-hydrogen) atoms. The fraction of sp³-hybridized carbons (Fsp3) is 0.125. The van der Waals surface area contributed by atoms with Crippen molar-refractivity contribution < 1.29 is 19.1 Å². The number of benzene rings is 2. The van der Waals surface area contributed by atoms with Crippen molar-refractivity contribution in [2.75, 3.05) is 0 Å². The van der Waals surface area contributed by atoms with Gasteiger partial charge in [0.1, 0.15) is 11.5 Å². The fourth-order valence-electron chi connectivity index (χ4n) is 1.48. The predicted molar refractivity (Wildman–Crippen MR) is 73.3 cm³/mol. The molecular formula is C16H14O4. The van der Waals surface area contributed by atoms with Crippen molar-refractivity contribution in [1.29, 1.82) is 0 Å². The summed E-state index contributed by atoms with van der Waals surface area (Å²) in [5.41, 5.74) is 0. The molecule has 0 atom stereocenters. The molecule has 2 aromatic rings. The topological polar surface area (TPSA) is 52.6 Å². The number of carbonyl (C=O) groups excluding carboxylic acids is 2. The lowest BCUT2D eigenvalue weighted by Crippen LogP contribution is -2.29. The molecule has 0 heterocycles. The Balaban J connectivity index is 1.95. The molecule has 0 fully saturated rings. The van der Waals surface area contributed by atoms with Crippen molar-refractivity contribution in [3.8, 4) is 11.5 Å². The lowest BCUT2D eigenvalue weighted by Gasteiger charge is -2.10. The molecule has 0 aliphatic carbocycles. The molecule has 0 aliphatic heterocycles. The minimum atomic E-state index is -0.990. The predicted octanol–water partition coefficient (Wildman–Crippen LogP) is 2.83. The maximum absolute atomic E-state index is 11.8. The van der Waals surface area contributed by atoms with Gasteiger partial charge in [-0.15, -0.1) is 0 Å². The Morgan fingerprint density at radius 2 is 1.10 bits per heavy atom. The Hall–Kier alpha value is -2.62. The van der Waals surface area contributed by atoms with Crippen molar-refractivity contribution in [2.24, 2.45) is 5.92 Å². The molecule has 2 aromatic carbocycles. The largest absolute Gasteiger partial charge is 0.426 e. The second kappa shape index (κ2) is 6.52. The molecule has 0 bridgehead atoms. The van der Waals surface area contributed by atoms with E-state index in [4.69, 9.17) is 9.47 Å². The number of para-hydroxylation sites is 2. The van der Waals surface area contributed by atoms with Crippen molar-refractivity contribution in [3.05, 3.63) is 60.7 Å². The monoisotopic (exact) mass is 270 g/mol. The summed E-state index contributed by atoms with van der Waals surface area (Å²) in [6, 6.07) is 17.2. The standard InChI is InChI=1S/C16H14O4/c1-12(15(17)19-13-8-4-2-5-9-13)16(18)20-14-10-6-3-7-11-14/h2-12H,1H3. The van der Waals surface area contributed by atoms with E-state index >= 15 is 0 Å². The molecule has 0 radical (unpaired) electrons. The van der Waals surface area contributed by atoms with Gasteiger partial charge in [-0.05, 0) is 31.2 Å². The minimum absolute atomic E-state index is 0.400. The molecule has 102 valence electrons. The van der Waals surface area contributed by atoms with E-state index < -0.39 is 17.9 Å². The molecular weight excluding hydrogens is 256 g/mol. The molecule has 2 rings (SSSR count). The lowest BCUT2D eigenvalue weighted by atomic mass is 10.2. The minimum Gasteiger partial charge on any atom is -0.426 e. The molecule has 0 saturated carbocycles. The molecule has 0 unspecified atom stereocenters. The second-order valence-corrected chi connectivity index (χ2v) is 4.19. The Morgan fingerprint density at radius 1 is 0.750 bits per heavy atom. The first kappa shape index (κ1) is 13.8. The van der Waals surface area contributed by atoms with Crippen LogP contribution in [0.1, 0.15) is 6.92 Å². The van der Waals surface area contributed by atoms with E-state index in [9.17, 15) is 9.59 Å². The summed E-state index contributed by atoms with van der Waals surface area (Å²) in [5.74, 6) is -1.47. The Bertz CT molecular complexity index is 524. The van der Waals surface area contributed by atoms with E-state index in [1.807, 2.05) is 12.1 Å². The van der Waals surface area contributed by atoms with Crippen LogP contribution in [0, 0.1) is 5.92 Å². The zero-order chi connectivity index (χ0) is 14.4. The summed E-state index contributed by atoms with van der Waals surface area (Å²) < 4.78 is 10.2. The van der Waals surface area contributed by atoms with Gasteiger partial charge in [0, 0.05) is 0 Å². The average Bonchev–Trinajstić information content (AvgIpc) is 2.48. The van der Waals surface area contributed by atoms with Crippen LogP contribution in [0.5, 0.6) is 11.5 Å². The Kier molecular flexibility index (Phi) is 4.50. The highest BCUT2D eigenvalue weighted by Gasteiger charge is 2.25. The number of esters is 2. The average molecular weight is 270 g/mol. The summed E-state index contributed by atoms with van der Waals surface area (Å²) in [6.07, 6.45) is 0. The van der Waals surface area contributed by atoms with Gasteiger partial charge in [-0.25, -0.2) is 0 Å². The molecule has 0 amide bonds. The van der Waals surface area contributed by atoms with Crippen molar-refractivity contribution in [1.82, 2.24) is 0 Å². The smallest absolute Gasteiger partial charge is 0.325 e. The maximum Gasteiger partial charge on any atom is 0.325 e. The summed E-state index contributed by atoms with van der Waals surface area (Å²) >= 11 is 0. The molecule has 0 spiro atoms. The van der Waals surface area contributed by atoms with Crippen LogP contribution in [0.4, 0.5) is 0 Å². The van der Waals surface area contributed by atoms with E-state index in [1.54, 1.807) is 48.5 Å². The van der Waals surface area contributed by atoms with Gasteiger partial charge in [0.25, 0.3) is 0 Å². The first-order valence-electron chi connectivity index (χ1n) is 6.20. The highest BCUT2D eigenvalue weighted by molar-refractivity contribution is 5.96. The molecule has 0 aromatic heterocycles. The van der Waals surface area contributed by atoms with Crippen LogP contribution in [0.15, 0.2) is 60.7 Å². The van der Waals surface area contributed by atoms with Crippen LogP contribution in [0.3, 0.4) is 0 Å². The van der Waals surface area contributed by atoms with Crippen LogP contribution in [-0.4, -0.2) is 11.9 Å². The van der Waals surface area contributed by atoms with Crippen LogP contribution >= 0.6 is 0 Å². The maximum atomic E-state index is 11.8. The van der Waals surface area contributed by atoms with E-state index in [2.05, 4.69) is 0 Å². The third-order valence-electron chi connectivity index (χ3n) is 2.63. The highest BCUT2D eigenvalue weighted by Crippen LogP contribution is 2.14. The number of carbonyl (C=O) groups is 2. The molecule has 0 N–H and O–H groups in total. The fourth-order valence-corrected chi connectivity index (χ4v) is 1.48. The van der Waals surface area contributed by atoms with E-state index in [1.165, 1.54) is 6.92 Å². The van der Waals surface area contributed by atoms with Gasteiger partial charge in [0.2, 0.25) is 0 Å². The summed E-state index contributed by atoms with van der Waals surface area (Å²) in [4.78, 5) is 23.6. The zero-order valence-electron chi connectivity index (χ0n) is 11.0. The summed E-state index contributed by atoms with van der Waals surface area (Å²) in [5, 5.41) is 0. The van der Waals surface area contributed by atoms with Gasteiger partial charge in [-0.1, -0.05) is 36.4 Å².